The highest BCUT2D eigenvalue weighted by atomic mass is 35.5. The second-order valence-corrected chi connectivity index (χ2v) is 6.50. The van der Waals surface area contributed by atoms with Crippen molar-refractivity contribution in [3.8, 4) is 0 Å². The highest BCUT2D eigenvalue weighted by Gasteiger charge is 2.32. The summed E-state index contributed by atoms with van der Waals surface area (Å²) in [5.74, 6) is 0. The monoisotopic (exact) mass is 293 g/mol. The highest BCUT2D eigenvalue weighted by molar-refractivity contribution is 7.89. The van der Waals surface area contributed by atoms with Crippen LogP contribution in [-0.4, -0.2) is 48.6 Å². The van der Waals surface area contributed by atoms with E-state index in [1.807, 2.05) is 0 Å². The van der Waals surface area contributed by atoms with Crippen LogP contribution in [0, 0.1) is 0 Å². The van der Waals surface area contributed by atoms with Gasteiger partial charge in [0.1, 0.15) is 5.15 Å². The lowest BCUT2D eigenvalue weighted by Gasteiger charge is -2.29. The number of sulfonamides is 1. The summed E-state index contributed by atoms with van der Waals surface area (Å²) in [5, 5.41) is 0.0754. The van der Waals surface area contributed by atoms with Crippen LogP contribution < -0.4 is 0 Å². The molecule has 0 unspecified atom stereocenters. The fourth-order valence-electron chi connectivity index (χ4n) is 2.00. The molecule has 6 nitrogen and oxygen atoms in total. The van der Waals surface area contributed by atoms with Crippen molar-refractivity contribution in [2.45, 2.75) is 24.0 Å². The van der Waals surface area contributed by atoms with E-state index in [-0.39, 0.29) is 16.3 Å². The van der Waals surface area contributed by atoms with Crippen LogP contribution in [0.2, 0.25) is 5.15 Å². The molecule has 0 bridgehead atoms. The summed E-state index contributed by atoms with van der Waals surface area (Å²) in [4.78, 5) is 3.87. The maximum Gasteiger partial charge on any atom is 0.263 e. The number of nitrogens with zero attached hydrogens (tertiary/aromatic N) is 3. The van der Waals surface area contributed by atoms with E-state index >= 15 is 0 Å². The first-order chi connectivity index (χ1) is 8.46. The molecule has 2 rings (SSSR count). The summed E-state index contributed by atoms with van der Waals surface area (Å²) < 4.78 is 32.8. The predicted octanol–water partition coefficient (Wildman–Crippen LogP) is 0.873. The smallest absolute Gasteiger partial charge is 0.263 e. The van der Waals surface area contributed by atoms with Crippen molar-refractivity contribution in [3.63, 3.8) is 0 Å². The molecule has 1 aromatic heterocycles. The van der Waals surface area contributed by atoms with Gasteiger partial charge in [-0.15, -0.1) is 0 Å². The van der Waals surface area contributed by atoms with E-state index in [1.54, 1.807) is 14.2 Å². The number of aromatic nitrogens is 2. The molecule has 0 amide bonds. The van der Waals surface area contributed by atoms with Crippen molar-refractivity contribution < 1.29 is 13.2 Å². The van der Waals surface area contributed by atoms with Gasteiger partial charge in [-0.05, 0) is 12.8 Å². The van der Waals surface area contributed by atoms with Crippen molar-refractivity contribution in [1.82, 2.24) is 13.9 Å². The Labute approximate surface area is 112 Å². The molecule has 1 aliphatic rings. The standard InChI is InChI=1S/C10H16ClN3O3S/c1-13-7-12-10(9(13)11)18(15,16)14-5-3-8(17-2)4-6-14/h7-8H,3-6H2,1-2H3. The van der Waals surface area contributed by atoms with Crippen LogP contribution in [0.25, 0.3) is 0 Å². The average Bonchev–Trinajstić information content (AvgIpc) is 2.70. The molecule has 0 spiro atoms. The molecule has 1 aliphatic heterocycles. The molecule has 1 fully saturated rings. The Morgan fingerprint density at radius 1 is 1.44 bits per heavy atom. The van der Waals surface area contributed by atoms with Crippen LogP contribution in [0.4, 0.5) is 0 Å². The minimum absolute atomic E-state index is 0.0671. The molecule has 0 aliphatic carbocycles. The van der Waals surface area contributed by atoms with Gasteiger partial charge in [-0.25, -0.2) is 13.4 Å². The largest absolute Gasteiger partial charge is 0.381 e. The lowest BCUT2D eigenvalue weighted by Crippen LogP contribution is -2.40. The number of methoxy groups -OCH3 is 1. The number of aryl methyl sites for hydroxylation is 1. The fraction of sp³-hybridized carbons (Fsp3) is 0.700. The molecule has 1 aromatic rings. The van der Waals surface area contributed by atoms with E-state index in [4.69, 9.17) is 16.3 Å². The van der Waals surface area contributed by atoms with Gasteiger partial charge in [-0.3, -0.25) is 0 Å². The normalized spacial score (nSPS) is 19.3. The molecule has 0 saturated carbocycles. The van der Waals surface area contributed by atoms with E-state index in [0.717, 1.165) is 0 Å². The Morgan fingerprint density at radius 3 is 2.50 bits per heavy atom. The molecule has 102 valence electrons. The van der Waals surface area contributed by atoms with Gasteiger partial charge in [0.05, 0.1) is 12.4 Å². The van der Waals surface area contributed by atoms with Crippen molar-refractivity contribution in [2.75, 3.05) is 20.2 Å². The molecule has 18 heavy (non-hydrogen) atoms. The third-order valence-electron chi connectivity index (χ3n) is 3.15. The van der Waals surface area contributed by atoms with Gasteiger partial charge in [0, 0.05) is 27.2 Å². The van der Waals surface area contributed by atoms with Crippen LogP contribution in [-0.2, 0) is 21.8 Å². The van der Waals surface area contributed by atoms with Crippen molar-refractivity contribution in [1.29, 1.82) is 0 Å². The van der Waals surface area contributed by atoms with Gasteiger partial charge >= 0.3 is 0 Å². The Bertz CT molecular complexity index is 520. The summed E-state index contributed by atoms with van der Waals surface area (Å²) in [6.07, 6.45) is 2.92. The molecule has 0 N–H and O–H groups in total. The quantitative estimate of drug-likeness (QED) is 0.830. The summed E-state index contributed by atoms with van der Waals surface area (Å²) in [6, 6.07) is 0. The third-order valence-corrected chi connectivity index (χ3v) is 5.54. The van der Waals surface area contributed by atoms with Gasteiger partial charge in [0.25, 0.3) is 10.0 Å². The van der Waals surface area contributed by atoms with Crippen LogP contribution in [0.5, 0.6) is 0 Å². The lowest BCUT2D eigenvalue weighted by molar-refractivity contribution is 0.0604. The number of imidazole rings is 1. The second-order valence-electron chi connectivity index (χ2n) is 4.29. The zero-order chi connectivity index (χ0) is 13.3. The number of piperidine rings is 1. The predicted molar refractivity (Wildman–Crippen MR) is 67.0 cm³/mol. The zero-order valence-corrected chi connectivity index (χ0v) is 11.9. The first-order valence-electron chi connectivity index (χ1n) is 5.66. The SMILES string of the molecule is COC1CCN(S(=O)(=O)c2ncn(C)c2Cl)CC1. The maximum atomic E-state index is 12.3. The minimum atomic E-state index is -3.59. The van der Waals surface area contributed by atoms with E-state index in [1.165, 1.54) is 15.2 Å². The first-order valence-corrected chi connectivity index (χ1v) is 7.48. The van der Waals surface area contributed by atoms with Crippen LogP contribution in [0.3, 0.4) is 0 Å². The van der Waals surface area contributed by atoms with Gasteiger partial charge in [0.2, 0.25) is 5.03 Å². The summed E-state index contributed by atoms with van der Waals surface area (Å²) >= 11 is 5.94. The van der Waals surface area contributed by atoms with Crippen molar-refractivity contribution in [2.24, 2.45) is 7.05 Å². The van der Waals surface area contributed by atoms with Gasteiger partial charge < -0.3 is 9.30 Å². The minimum Gasteiger partial charge on any atom is -0.381 e. The van der Waals surface area contributed by atoms with E-state index in [0.29, 0.717) is 25.9 Å². The Morgan fingerprint density at radius 2 is 2.06 bits per heavy atom. The van der Waals surface area contributed by atoms with Gasteiger partial charge in [0.15, 0.2) is 0 Å². The molecular formula is C10H16ClN3O3S. The molecule has 1 saturated heterocycles. The topological polar surface area (TPSA) is 64.4 Å². The van der Waals surface area contributed by atoms with E-state index in [9.17, 15) is 8.42 Å². The van der Waals surface area contributed by atoms with Crippen LogP contribution in [0.1, 0.15) is 12.8 Å². The number of ether oxygens (including phenoxy) is 1. The summed E-state index contributed by atoms with van der Waals surface area (Å²) in [6.45, 7) is 0.876. The molecular weight excluding hydrogens is 278 g/mol. The Balaban J connectivity index is 2.20. The molecule has 2 heterocycles. The number of hydrogen-bond acceptors (Lipinski definition) is 4. The van der Waals surface area contributed by atoms with Crippen LogP contribution >= 0.6 is 11.6 Å². The Kier molecular flexibility index (Phi) is 3.96. The second kappa shape index (κ2) is 5.16. The first kappa shape index (κ1) is 13.8. The molecule has 8 heteroatoms. The maximum absolute atomic E-state index is 12.3. The summed E-state index contributed by atoms with van der Waals surface area (Å²) in [7, 11) is -0.288. The lowest BCUT2D eigenvalue weighted by atomic mass is 10.1. The Hall–Kier alpha value is -0.630. The highest BCUT2D eigenvalue weighted by Crippen LogP contribution is 2.25. The average molecular weight is 294 g/mol. The number of halogens is 1. The van der Waals surface area contributed by atoms with E-state index < -0.39 is 10.0 Å². The number of hydrogen-bond donors (Lipinski definition) is 0. The van der Waals surface area contributed by atoms with Gasteiger partial charge in [-0.1, -0.05) is 11.6 Å². The molecule has 0 radical (unpaired) electrons. The van der Waals surface area contributed by atoms with Crippen molar-refractivity contribution >= 4 is 21.6 Å². The fourth-order valence-corrected chi connectivity index (χ4v) is 3.86. The third kappa shape index (κ3) is 2.40. The van der Waals surface area contributed by atoms with Crippen molar-refractivity contribution in [3.05, 3.63) is 11.5 Å². The zero-order valence-electron chi connectivity index (χ0n) is 10.3. The van der Waals surface area contributed by atoms with Gasteiger partial charge in [-0.2, -0.15) is 4.31 Å². The molecule has 0 aromatic carbocycles. The van der Waals surface area contributed by atoms with Crippen LogP contribution in [0.15, 0.2) is 11.4 Å². The molecule has 0 atom stereocenters. The summed E-state index contributed by atoms with van der Waals surface area (Å²) in [5.41, 5.74) is 0. The number of rotatable bonds is 3. The van der Waals surface area contributed by atoms with E-state index in [2.05, 4.69) is 4.98 Å².